The second-order valence-electron chi connectivity index (χ2n) is 3.35. The monoisotopic (exact) mass is 247 g/mol. The molecule has 0 aromatic heterocycles. The van der Waals surface area contributed by atoms with Gasteiger partial charge in [-0.3, -0.25) is 4.18 Å². The molecule has 1 aliphatic carbocycles. The van der Waals surface area contributed by atoms with Gasteiger partial charge in [0.2, 0.25) is 0 Å². The van der Waals surface area contributed by atoms with Crippen LogP contribution in [-0.4, -0.2) is 27.7 Å². The Morgan fingerprint density at radius 1 is 1.38 bits per heavy atom. The summed E-state index contributed by atoms with van der Waals surface area (Å²) >= 11 is 0. The minimum absolute atomic E-state index is 0.116. The normalized spacial score (nSPS) is 23.2. The molecule has 16 heavy (non-hydrogen) atoms. The van der Waals surface area contributed by atoms with Crippen molar-refractivity contribution in [3.63, 3.8) is 0 Å². The highest BCUT2D eigenvalue weighted by Gasteiger charge is 2.32. The zero-order chi connectivity index (χ0) is 12.2. The molecule has 1 aliphatic rings. The van der Waals surface area contributed by atoms with Crippen LogP contribution in [-0.2, 0) is 14.3 Å². The maximum atomic E-state index is 11.4. The Morgan fingerprint density at radius 2 is 1.81 bits per heavy atom. The summed E-state index contributed by atoms with van der Waals surface area (Å²) in [4.78, 5) is 0.183. The lowest BCUT2D eigenvalue weighted by molar-refractivity contribution is 0.398. The van der Waals surface area contributed by atoms with E-state index in [0.29, 0.717) is 6.42 Å². The van der Waals surface area contributed by atoms with Gasteiger partial charge in [0.15, 0.2) is 0 Å². The van der Waals surface area contributed by atoms with Crippen molar-refractivity contribution in [2.24, 2.45) is 5.73 Å². The number of benzene rings is 1. The molecule has 0 heterocycles. The van der Waals surface area contributed by atoms with E-state index in [0.717, 1.165) is 7.11 Å². The topological polar surface area (TPSA) is 69.4 Å². The van der Waals surface area contributed by atoms with Crippen LogP contribution in [0.5, 0.6) is 0 Å². The largest absolute Gasteiger partial charge is 0.325 e. The predicted octanol–water partition coefficient (Wildman–Crippen LogP) is 1.08. The van der Waals surface area contributed by atoms with E-state index in [1.165, 1.54) is 12.1 Å². The minimum atomic E-state index is -3.50. The third kappa shape index (κ3) is 3.88. The van der Waals surface area contributed by atoms with Crippen LogP contribution in [0, 0.1) is 0 Å². The summed E-state index contributed by atoms with van der Waals surface area (Å²) in [7, 11) is -2.36. The summed E-state index contributed by atoms with van der Waals surface area (Å²) < 4.78 is 37.6. The zero-order valence-electron chi connectivity index (χ0n) is 8.84. The number of hydrogen-bond donors (Lipinski definition) is 1. The number of alkyl halides is 1. The lowest BCUT2D eigenvalue weighted by Gasteiger charge is -1.98. The minimum Gasteiger partial charge on any atom is -0.325 e. The summed E-state index contributed by atoms with van der Waals surface area (Å²) in [6, 6.07) is 7.89. The Bertz CT molecular complexity index is 415. The maximum absolute atomic E-state index is 11.4. The van der Waals surface area contributed by atoms with Crippen molar-refractivity contribution < 1.29 is 17.0 Å². The lowest BCUT2D eigenvalue weighted by Crippen LogP contribution is -2.01. The summed E-state index contributed by atoms with van der Waals surface area (Å²) in [6.45, 7) is 0. The number of hydrogen-bond acceptors (Lipinski definition) is 4. The van der Waals surface area contributed by atoms with Crippen LogP contribution in [0.4, 0.5) is 4.39 Å². The molecule has 0 unspecified atom stereocenters. The van der Waals surface area contributed by atoms with Gasteiger partial charge in [0.05, 0.1) is 12.0 Å². The fourth-order valence-electron chi connectivity index (χ4n) is 0.865. The van der Waals surface area contributed by atoms with Gasteiger partial charge in [-0.2, -0.15) is 8.42 Å². The molecule has 0 radical (unpaired) electrons. The van der Waals surface area contributed by atoms with E-state index in [2.05, 4.69) is 4.18 Å². The molecule has 6 heteroatoms. The van der Waals surface area contributed by atoms with Gasteiger partial charge < -0.3 is 5.73 Å². The van der Waals surface area contributed by atoms with Crippen molar-refractivity contribution >= 4 is 10.1 Å². The van der Waals surface area contributed by atoms with Gasteiger partial charge in [0, 0.05) is 6.04 Å². The van der Waals surface area contributed by atoms with Crippen molar-refractivity contribution in [1.82, 2.24) is 0 Å². The second-order valence-corrected chi connectivity index (χ2v) is 5.06. The Hall–Kier alpha value is -0.980. The molecule has 1 aromatic carbocycles. The molecule has 2 N–H and O–H groups in total. The molecule has 1 aromatic rings. The molecule has 0 saturated heterocycles. The molecule has 1 fully saturated rings. The van der Waals surface area contributed by atoms with Gasteiger partial charge in [-0.25, -0.2) is 4.39 Å². The highest BCUT2D eigenvalue weighted by molar-refractivity contribution is 7.86. The van der Waals surface area contributed by atoms with Crippen LogP contribution in [0.1, 0.15) is 6.42 Å². The van der Waals surface area contributed by atoms with Gasteiger partial charge in [0.1, 0.15) is 6.17 Å². The van der Waals surface area contributed by atoms with Gasteiger partial charge in [0.25, 0.3) is 10.1 Å². The van der Waals surface area contributed by atoms with Crippen molar-refractivity contribution in [2.45, 2.75) is 23.5 Å². The van der Waals surface area contributed by atoms with E-state index in [1.807, 2.05) is 0 Å². The van der Waals surface area contributed by atoms with E-state index >= 15 is 0 Å². The molecule has 0 spiro atoms. The van der Waals surface area contributed by atoms with Gasteiger partial charge in [-0.05, 0) is 18.6 Å². The predicted molar refractivity (Wildman–Crippen MR) is 58.1 cm³/mol. The molecule has 1 saturated carbocycles. The van der Waals surface area contributed by atoms with Crippen LogP contribution < -0.4 is 5.73 Å². The molecule has 0 aliphatic heterocycles. The first-order valence-electron chi connectivity index (χ1n) is 4.72. The highest BCUT2D eigenvalue weighted by Crippen LogP contribution is 2.21. The van der Waals surface area contributed by atoms with Crippen molar-refractivity contribution in [3.05, 3.63) is 30.3 Å². The molecule has 2 rings (SSSR count). The molecule has 0 bridgehead atoms. The smallest absolute Gasteiger partial charge is 0.296 e. The average Bonchev–Trinajstić information content (AvgIpc) is 2.94. The van der Waals surface area contributed by atoms with Crippen molar-refractivity contribution in [3.8, 4) is 0 Å². The number of halogens is 1. The summed E-state index contributed by atoms with van der Waals surface area (Å²) in [5.41, 5.74) is 4.99. The maximum Gasteiger partial charge on any atom is 0.296 e. The highest BCUT2D eigenvalue weighted by atomic mass is 32.2. The standard InChI is InChI=1S/C7H8O3S.C3H6FN/c1-10-11(8,9)7-5-3-2-4-6-7;4-2-1-3(2)5/h2-6H,1H3;2-3H,1,5H2/t;2-,3+/m.0/s1. The van der Waals surface area contributed by atoms with E-state index in [-0.39, 0.29) is 10.9 Å². The molecular weight excluding hydrogens is 233 g/mol. The van der Waals surface area contributed by atoms with E-state index in [4.69, 9.17) is 5.73 Å². The molecule has 90 valence electrons. The first-order chi connectivity index (χ1) is 7.47. The quantitative estimate of drug-likeness (QED) is 0.794. The molecule has 4 nitrogen and oxygen atoms in total. The van der Waals surface area contributed by atoms with E-state index in [1.54, 1.807) is 18.2 Å². The molecular formula is C10H14FNO3S. The lowest BCUT2D eigenvalue weighted by atomic mass is 10.4. The third-order valence-corrected chi connectivity index (χ3v) is 3.30. The fourth-order valence-corrected chi connectivity index (χ4v) is 1.55. The Morgan fingerprint density at radius 3 is 2.12 bits per heavy atom. The Balaban J connectivity index is 0.000000212. The van der Waals surface area contributed by atoms with Gasteiger partial charge in [-0.1, -0.05) is 18.2 Å². The zero-order valence-corrected chi connectivity index (χ0v) is 9.65. The Kier molecular flexibility index (Phi) is 4.40. The molecule has 0 amide bonds. The van der Waals surface area contributed by atoms with Crippen LogP contribution in [0.2, 0.25) is 0 Å². The van der Waals surface area contributed by atoms with Gasteiger partial charge >= 0.3 is 0 Å². The van der Waals surface area contributed by atoms with Crippen molar-refractivity contribution in [2.75, 3.05) is 7.11 Å². The summed E-state index contributed by atoms with van der Waals surface area (Å²) in [5.74, 6) is 0. The van der Waals surface area contributed by atoms with E-state index in [9.17, 15) is 12.8 Å². The number of rotatable bonds is 2. The molecule has 2 atom stereocenters. The first-order valence-corrected chi connectivity index (χ1v) is 6.13. The second kappa shape index (κ2) is 5.38. The average molecular weight is 247 g/mol. The summed E-state index contributed by atoms with van der Waals surface area (Å²) in [6.07, 6.45) is -0.0880. The van der Waals surface area contributed by atoms with E-state index < -0.39 is 16.3 Å². The first kappa shape index (κ1) is 13.1. The van der Waals surface area contributed by atoms with Crippen LogP contribution in [0.25, 0.3) is 0 Å². The van der Waals surface area contributed by atoms with Crippen LogP contribution in [0.3, 0.4) is 0 Å². The third-order valence-electron chi connectivity index (χ3n) is 2.01. The fraction of sp³-hybridized carbons (Fsp3) is 0.400. The number of nitrogens with two attached hydrogens (primary N) is 1. The summed E-state index contributed by atoms with van der Waals surface area (Å²) in [5, 5.41) is 0. The van der Waals surface area contributed by atoms with Crippen molar-refractivity contribution in [1.29, 1.82) is 0 Å². The van der Waals surface area contributed by atoms with Crippen LogP contribution in [0.15, 0.2) is 35.2 Å². The van der Waals surface area contributed by atoms with Gasteiger partial charge in [-0.15, -0.1) is 0 Å². The van der Waals surface area contributed by atoms with Crippen LogP contribution >= 0.6 is 0 Å². The Labute approximate surface area is 94.3 Å². The SMILES string of the molecule is COS(=O)(=O)c1ccccc1.N[C@@H]1C[C@@H]1F.